The van der Waals surface area contributed by atoms with Gasteiger partial charge in [-0.25, -0.2) is 18.4 Å². The summed E-state index contributed by atoms with van der Waals surface area (Å²) in [6, 6.07) is 7.67. The zero-order valence-corrected chi connectivity index (χ0v) is 19.4. The van der Waals surface area contributed by atoms with Crippen LogP contribution in [0.25, 0.3) is 11.0 Å². The third-order valence-electron chi connectivity index (χ3n) is 5.78. The van der Waals surface area contributed by atoms with Crippen LogP contribution in [0.5, 0.6) is 0 Å². The Morgan fingerprint density at radius 1 is 1.19 bits per heavy atom. The number of carbonyl (C=O) groups is 1. The van der Waals surface area contributed by atoms with E-state index in [0.717, 1.165) is 43.9 Å². The van der Waals surface area contributed by atoms with Crippen molar-refractivity contribution < 1.29 is 17.9 Å². The second-order valence-corrected chi connectivity index (χ2v) is 11.2. The van der Waals surface area contributed by atoms with E-state index in [0.29, 0.717) is 11.4 Å². The Morgan fingerprint density at radius 3 is 2.50 bits per heavy atom. The minimum atomic E-state index is -3.87. The van der Waals surface area contributed by atoms with Gasteiger partial charge in [0.1, 0.15) is 5.82 Å². The molecule has 0 unspecified atom stereocenters. The molecule has 2 aromatic heterocycles. The van der Waals surface area contributed by atoms with Crippen LogP contribution in [-0.4, -0.2) is 42.1 Å². The fraction of sp³-hybridized carbons (Fsp3) is 0.435. The summed E-state index contributed by atoms with van der Waals surface area (Å²) in [5.41, 5.74) is 6.72. The fourth-order valence-electron chi connectivity index (χ4n) is 4.03. The zero-order valence-electron chi connectivity index (χ0n) is 18.5. The van der Waals surface area contributed by atoms with Crippen LogP contribution < -0.4 is 5.73 Å². The van der Waals surface area contributed by atoms with Crippen molar-refractivity contribution in [3.63, 3.8) is 0 Å². The summed E-state index contributed by atoms with van der Waals surface area (Å²) in [6.07, 6.45) is 3.18. The number of fused-ring (bicyclic) bond motifs is 1. The number of ether oxygens (including phenoxy) is 1. The van der Waals surface area contributed by atoms with Crippen LogP contribution in [0.3, 0.4) is 0 Å². The number of nitrogens with zero attached hydrogens (tertiary/aromatic N) is 3. The number of pyridine rings is 1. The van der Waals surface area contributed by atoms with E-state index >= 15 is 0 Å². The number of nitrogens with two attached hydrogens (primary N) is 1. The lowest BCUT2D eigenvalue weighted by atomic mass is 9.94. The van der Waals surface area contributed by atoms with Crippen molar-refractivity contribution in [3.8, 4) is 0 Å². The first-order chi connectivity index (χ1) is 15.1. The summed E-state index contributed by atoms with van der Waals surface area (Å²) in [4.78, 5) is 20.1. The van der Waals surface area contributed by atoms with Crippen molar-refractivity contribution in [2.24, 2.45) is 11.7 Å². The predicted octanol–water partition coefficient (Wildman–Crippen LogP) is 3.09. The molecule has 170 valence electrons. The number of rotatable bonds is 5. The quantitative estimate of drug-likeness (QED) is 0.630. The molecule has 0 spiro atoms. The average Bonchev–Trinajstić information content (AvgIpc) is 3.13. The fourth-order valence-corrected chi connectivity index (χ4v) is 5.22. The lowest BCUT2D eigenvalue weighted by Gasteiger charge is -2.26. The van der Waals surface area contributed by atoms with E-state index in [4.69, 9.17) is 15.5 Å². The summed E-state index contributed by atoms with van der Waals surface area (Å²) in [5.74, 6) is 0.767. The second kappa shape index (κ2) is 8.29. The van der Waals surface area contributed by atoms with Crippen LogP contribution in [-0.2, 0) is 26.5 Å². The molecule has 0 saturated carbocycles. The van der Waals surface area contributed by atoms with Gasteiger partial charge in [0.05, 0.1) is 21.5 Å². The maximum atomic E-state index is 13.1. The zero-order chi connectivity index (χ0) is 23.1. The van der Waals surface area contributed by atoms with Gasteiger partial charge in [-0.15, -0.1) is 0 Å². The van der Waals surface area contributed by atoms with Crippen LogP contribution in [0.15, 0.2) is 46.5 Å². The van der Waals surface area contributed by atoms with E-state index in [9.17, 15) is 13.2 Å². The lowest BCUT2D eigenvalue weighted by Crippen LogP contribution is -2.25. The van der Waals surface area contributed by atoms with Crippen molar-refractivity contribution in [1.29, 1.82) is 0 Å². The van der Waals surface area contributed by atoms with Gasteiger partial charge in [0, 0.05) is 31.4 Å². The standard InChI is InChI=1S/C23H28N4O4S/c1-23(2,3)22-26-18-12-17(32(29,30)20-7-4-16(13-25-20)21(24)28)5-6-19(18)27(22)14-15-8-10-31-11-9-15/h4-7,12-13,15H,8-11,14H2,1-3H3,(H2,24,28). The maximum absolute atomic E-state index is 13.1. The third kappa shape index (κ3) is 4.27. The number of hydrogen-bond acceptors (Lipinski definition) is 6. The smallest absolute Gasteiger partial charge is 0.250 e. The summed E-state index contributed by atoms with van der Waals surface area (Å²) in [7, 11) is -3.87. The highest BCUT2D eigenvalue weighted by molar-refractivity contribution is 7.91. The molecule has 0 atom stereocenters. The van der Waals surface area contributed by atoms with Crippen LogP contribution >= 0.6 is 0 Å². The number of carbonyl (C=O) groups excluding carboxylic acids is 1. The van der Waals surface area contributed by atoms with Crippen LogP contribution in [0.1, 0.15) is 49.8 Å². The van der Waals surface area contributed by atoms with E-state index < -0.39 is 15.7 Å². The highest BCUT2D eigenvalue weighted by Crippen LogP contribution is 2.31. The number of primary amides is 1. The van der Waals surface area contributed by atoms with Crippen molar-refractivity contribution in [2.45, 2.75) is 55.5 Å². The van der Waals surface area contributed by atoms with Crippen LogP contribution in [0.2, 0.25) is 0 Å². The van der Waals surface area contributed by atoms with Gasteiger partial charge in [-0.2, -0.15) is 0 Å². The molecule has 0 bridgehead atoms. The molecule has 32 heavy (non-hydrogen) atoms. The molecule has 1 aliphatic rings. The molecule has 3 heterocycles. The average molecular weight is 457 g/mol. The first-order valence-electron chi connectivity index (χ1n) is 10.7. The molecule has 1 saturated heterocycles. The van der Waals surface area contributed by atoms with Crippen LogP contribution in [0, 0.1) is 5.92 Å². The Bertz CT molecular complexity index is 1250. The Morgan fingerprint density at radius 2 is 1.91 bits per heavy atom. The Balaban J connectivity index is 1.76. The number of aromatic nitrogens is 3. The Kier molecular flexibility index (Phi) is 5.81. The molecular weight excluding hydrogens is 428 g/mol. The monoisotopic (exact) mass is 456 g/mol. The van der Waals surface area contributed by atoms with Gasteiger partial charge in [0.25, 0.3) is 0 Å². The topological polar surface area (TPSA) is 117 Å². The molecule has 4 rings (SSSR count). The molecule has 8 nitrogen and oxygen atoms in total. The van der Waals surface area contributed by atoms with Crippen molar-refractivity contribution in [3.05, 3.63) is 47.9 Å². The molecule has 1 fully saturated rings. The normalized spacial score (nSPS) is 15.8. The molecule has 0 radical (unpaired) electrons. The van der Waals surface area contributed by atoms with Gasteiger partial charge in [0.15, 0.2) is 5.03 Å². The number of amides is 1. The number of benzene rings is 1. The van der Waals surface area contributed by atoms with Gasteiger partial charge in [-0.1, -0.05) is 20.8 Å². The Labute approximate surface area is 187 Å². The Hall–Kier alpha value is -2.78. The highest BCUT2D eigenvalue weighted by atomic mass is 32.2. The number of imidazole rings is 1. The van der Waals surface area contributed by atoms with Gasteiger partial charge in [-0.05, 0) is 49.1 Å². The molecule has 3 aromatic rings. The number of hydrogen-bond donors (Lipinski definition) is 1. The van der Waals surface area contributed by atoms with E-state index in [1.165, 1.54) is 18.3 Å². The first kappa shape index (κ1) is 22.4. The van der Waals surface area contributed by atoms with E-state index in [2.05, 4.69) is 30.3 Å². The van der Waals surface area contributed by atoms with Gasteiger partial charge in [-0.3, -0.25) is 4.79 Å². The molecule has 1 amide bonds. The summed E-state index contributed by atoms with van der Waals surface area (Å²) in [6.45, 7) is 8.69. The second-order valence-electron chi connectivity index (χ2n) is 9.26. The van der Waals surface area contributed by atoms with Gasteiger partial charge < -0.3 is 15.0 Å². The van der Waals surface area contributed by atoms with Crippen molar-refractivity contribution in [2.75, 3.05) is 13.2 Å². The molecule has 1 aliphatic heterocycles. The molecule has 9 heteroatoms. The lowest BCUT2D eigenvalue weighted by molar-refractivity contribution is 0.0611. The molecule has 2 N–H and O–H groups in total. The first-order valence-corrected chi connectivity index (χ1v) is 12.1. The number of sulfone groups is 1. The third-order valence-corrected chi connectivity index (χ3v) is 7.45. The largest absolute Gasteiger partial charge is 0.381 e. The molecule has 1 aromatic carbocycles. The summed E-state index contributed by atoms with van der Waals surface area (Å²) >= 11 is 0. The summed E-state index contributed by atoms with van der Waals surface area (Å²) in [5, 5.41) is -0.139. The SMILES string of the molecule is CC(C)(C)c1nc2cc(S(=O)(=O)c3ccc(C(N)=O)cn3)ccc2n1CC1CCOCC1. The minimum absolute atomic E-state index is 0.112. The van der Waals surface area contributed by atoms with Gasteiger partial charge in [0.2, 0.25) is 15.7 Å². The predicted molar refractivity (Wildman–Crippen MR) is 120 cm³/mol. The van der Waals surface area contributed by atoms with E-state index in [-0.39, 0.29) is 20.9 Å². The van der Waals surface area contributed by atoms with Crippen molar-refractivity contribution >= 4 is 26.8 Å². The van der Waals surface area contributed by atoms with Crippen molar-refractivity contribution in [1.82, 2.24) is 14.5 Å². The molecule has 0 aliphatic carbocycles. The minimum Gasteiger partial charge on any atom is -0.381 e. The van der Waals surface area contributed by atoms with E-state index in [1.807, 2.05) is 6.07 Å². The van der Waals surface area contributed by atoms with Crippen LogP contribution in [0.4, 0.5) is 0 Å². The highest BCUT2D eigenvalue weighted by Gasteiger charge is 2.27. The van der Waals surface area contributed by atoms with E-state index in [1.54, 1.807) is 12.1 Å². The maximum Gasteiger partial charge on any atom is 0.250 e. The molecular formula is C23H28N4O4S. The van der Waals surface area contributed by atoms with Gasteiger partial charge >= 0.3 is 0 Å². The summed E-state index contributed by atoms with van der Waals surface area (Å²) < 4.78 is 34.0.